The summed E-state index contributed by atoms with van der Waals surface area (Å²) in [4.78, 5) is 12.5. The highest BCUT2D eigenvalue weighted by Crippen LogP contribution is 2.42. The highest BCUT2D eigenvalue weighted by Gasteiger charge is 2.41. The molecular weight excluding hydrogens is 248 g/mol. The molecular formula is C14H17ClN2O. The fourth-order valence-electron chi connectivity index (χ4n) is 3.03. The lowest BCUT2D eigenvalue weighted by atomic mass is 9.73. The van der Waals surface area contributed by atoms with Gasteiger partial charge in [-0.05, 0) is 25.0 Å². The van der Waals surface area contributed by atoms with E-state index in [0.29, 0.717) is 11.6 Å². The van der Waals surface area contributed by atoms with Crippen LogP contribution in [0.1, 0.15) is 32.1 Å². The third-order valence-electron chi connectivity index (χ3n) is 4.16. The first-order valence-electron chi connectivity index (χ1n) is 6.55. The number of carbonyl (C=O) groups excluding carboxylic acids is 1. The van der Waals surface area contributed by atoms with Gasteiger partial charge in [-0.25, -0.2) is 0 Å². The molecule has 3 nitrogen and oxygen atoms in total. The predicted molar refractivity (Wildman–Crippen MR) is 74.1 cm³/mol. The number of nitrogens with one attached hydrogen (secondary N) is 2. The molecule has 18 heavy (non-hydrogen) atoms. The van der Waals surface area contributed by atoms with Crippen LogP contribution in [0.4, 0.5) is 11.4 Å². The van der Waals surface area contributed by atoms with E-state index >= 15 is 0 Å². The summed E-state index contributed by atoms with van der Waals surface area (Å²) < 4.78 is 0. The monoisotopic (exact) mass is 264 g/mol. The van der Waals surface area contributed by atoms with E-state index < -0.39 is 0 Å². The first kappa shape index (κ1) is 11.8. The zero-order chi connectivity index (χ0) is 12.6. The van der Waals surface area contributed by atoms with Gasteiger partial charge in [-0.1, -0.05) is 36.9 Å². The van der Waals surface area contributed by atoms with Crippen LogP contribution in [0.3, 0.4) is 0 Å². The molecule has 1 saturated carbocycles. The minimum atomic E-state index is -0.249. The number of fused-ring (bicyclic) bond motifs is 1. The van der Waals surface area contributed by atoms with Gasteiger partial charge in [-0.3, -0.25) is 4.79 Å². The van der Waals surface area contributed by atoms with E-state index in [1.165, 1.54) is 6.42 Å². The second kappa shape index (κ2) is 4.47. The van der Waals surface area contributed by atoms with E-state index in [1.54, 1.807) is 0 Å². The quantitative estimate of drug-likeness (QED) is 0.751. The number of amides is 1. The van der Waals surface area contributed by atoms with Crippen LogP contribution in [0.2, 0.25) is 5.02 Å². The van der Waals surface area contributed by atoms with Gasteiger partial charge in [0.05, 0.1) is 21.8 Å². The first-order chi connectivity index (χ1) is 8.71. The van der Waals surface area contributed by atoms with Crippen LogP contribution in [0.15, 0.2) is 18.2 Å². The summed E-state index contributed by atoms with van der Waals surface area (Å²) in [5, 5.41) is 7.07. The third kappa shape index (κ3) is 1.87. The molecule has 0 radical (unpaired) electrons. The number of hydrogen-bond donors (Lipinski definition) is 2. The van der Waals surface area contributed by atoms with Crippen LogP contribution in [0.5, 0.6) is 0 Å². The number of para-hydroxylation sites is 1. The molecule has 2 N–H and O–H groups in total. The van der Waals surface area contributed by atoms with Gasteiger partial charge < -0.3 is 10.6 Å². The highest BCUT2D eigenvalue weighted by atomic mass is 35.5. The normalized spacial score (nSPS) is 21.7. The van der Waals surface area contributed by atoms with Crippen molar-refractivity contribution in [3.05, 3.63) is 23.2 Å². The van der Waals surface area contributed by atoms with Crippen molar-refractivity contribution >= 4 is 28.9 Å². The number of anilines is 2. The predicted octanol–water partition coefficient (Wildman–Crippen LogP) is 3.65. The van der Waals surface area contributed by atoms with E-state index in [4.69, 9.17) is 11.6 Å². The minimum absolute atomic E-state index is 0.149. The van der Waals surface area contributed by atoms with E-state index in [-0.39, 0.29) is 11.3 Å². The Bertz CT molecular complexity index is 481. The zero-order valence-corrected chi connectivity index (χ0v) is 11.0. The molecule has 1 heterocycles. The molecule has 1 amide bonds. The Morgan fingerprint density at radius 3 is 2.72 bits per heavy atom. The number of halogens is 1. The van der Waals surface area contributed by atoms with Gasteiger partial charge in [0.2, 0.25) is 5.91 Å². The van der Waals surface area contributed by atoms with Gasteiger partial charge in [0.15, 0.2) is 0 Å². The SMILES string of the molecule is O=C1Nc2cccc(Cl)c2NCC12CCCCC2. The van der Waals surface area contributed by atoms with Crippen molar-refractivity contribution in [3.63, 3.8) is 0 Å². The smallest absolute Gasteiger partial charge is 0.232 e. The molecule has 0 atom stereocenters. The largest absolute Gasteiger partial charge is 0.381 e. The van der Waals surface area contributed by atoms with E-state index in [2.05, 4.69) is 10.6 Å². The molecule has 0 aromatic heterocycles. The Hall–Kier alpha value is -1.22. The van der Waals surface area contributed by atoms with Crippen molar-refractivity contribution in [2.45, 2.75) is 32.1 Å². The Kier molecular flexibility index (Phi) is 2.94. The maximum absolute atomic E-state index is 12.5. The number of hydrogen-bond acceptors (Lipinski definition) is 2. The van der Waals surface area contributed by atoms with E-state index in [9.17, 15) is 4.79 Å². The summed E-state index contributed by atoms with van der Waals surface area (Å²) >= 11 is 6.18. The first-order valence-corrected chi connectivity index (χ1v) is 6.93. The van der Waals surface area contributed by atoms with Crippen LogP contribution in [-0.2, 0) is 4.79 Å². The second-order valence-electron chi connectivity index (χ2n) is 5.31. The van der Waals surface area contributed by atoms with Crippen LogP contribution >= 0.6 is 11.6 Å². The van der Waals surface area contributed by atoms with Crippen LogP contribution < -0.4 is 10.6 Å². The molecule has 4 heteroatoms. The van der Waals surface area contributed by atoms with E-state index in [1.807, 2.05) is 18.2 Å². The molecule has 96 valence electrons. The summed E-state index contributed by atoms with van der Waals surface area (Å²) in [6, 6.07) is 5.61. The third-order valence-corrected chi connectivity index (χ3v) is 4.47. The number of carbonyl (C=O) groups is 1. The Balaban J connectivity index is 1.95. The summed E-state index contributed by atoms with van der Waals surface area (Å²) in [5.41, 5.74) is 1.41. The lowest BCUT2D eigenvalue weighted by Crippen LogP contribution is -2.41. The van der Waals surface area contributed by atoms with Crippen molar-refractivity contribution in [3.8, 4) is 0 Å². The maximum Gasteiger partial charge on any atom is 0.232 e. The second-order valence-corrected chi connectivity index (χ2v) is 5.72. The summed E-state index contributed by atoms with van der Waals surface area (Å²) in [5.74, 6) is 0.149. The Morgan fingerprint density at radius 1 is 1.17 bits per heavy atom. The van der Waals surface area contributed by atoms with Crippen LogP contribution in [0.25, 0.3) is 0 Å². The minimum Gasteiger partial charge on any atom is -0.381 e. The average Bonchev–Trinajstić information content (AvgIpc) is 2.51. The molecule has 1 aromatic carbocycles. The Morgan fingerprint density at radius 2 is 1.94 bits per heavy atom. The van der Waals surface area contributed by atoms with Gasteiger partial charge in [0, 0.05) is 6.54 Å². The average molecular weight is 265 g/mol. The number of rotatable bonds is 0. The lowest BCUT2D eigenvalue weighted by Gasteiger charge is -2.34. The van der Waals surface area contributed by atoms with Gasteiger partial charge in [0.25, 0.3) is 0 Å². The standard InChI is InChI=1S/C14H17ClN2O/c15-10-5-4-6-11-12(10)16-9-14(13(18)17-11)7-2-1-3-8-14/h4-6,16H,1-3,7-9H2,(H,17,18). The van der Waals surface area contributed by atoms with Gasteiger partial charge >= 0.3 is 0 Å². The molecule has 0 saturated heterocycles. The summed E-state index contributed by atoms with van der Waals surface area (Å²) in [6.45, 7) is 0.690. The van der Waals surface area contributed by atoms with Crippen molar-refractivity contribution in [2.75, 3.05) is 17.2 Å². The van der Waals surface area contributed by atoms with E-state index in [0.717, 1.165) is 37.1 Å². The molecule has 1 fully saturated rings. The van der Waals surface area contributed by atoms with Gasteiger partial charge in [0.1, 0.15) is 0 Å². The Labute approximate surface area is 112 Å². The molecule has 1 aliphatic carbocycles. The molecule has 1 aromatic rings. The fourth-order valence-corrected chi connectivity index (χ4v) is 3.27. The van der Waals surface area contributed by atoms with Crippen molar-refractivity contribution in [2.24, 2.45) is 5.41 Å². The number of benzene rings is 1. The maximum atomic E-state index is 12.5. The molecule has 2 aliphatic rings. The topological polar surface area (TPSA) is 41.1 Å². The summed E-state index contributed by atoms with van der Waals surface area (Å²) in [6.07, 6.45) is 5.45. The van der Waals surface area contributed by atoms with Gasteiger partial charge in [-0.15, -0.1) is 0 Å². The van der Waals surface area contributed by atoms with Crippen LogP contribution in [-0.4, -0.2) is 12.5 Å². The molecule has 1 spiro atoms. The van der Waals surface area contributed by atoms with Crippen molar-refractivity contribution < 1.29 is 4.79 Å². The van der Waals surface area contributed by atoms with Gasteiger partial charge in [-0.2, -0.15) is 0 Å². The highest BCUT2D eigenvalue weighted by molar-refractivity contribution is 6.34. The molecule has 0 bridgehead atoms. The van der Waals surface area contributed by atoms with Crippen molar-refractivity contribution in [1.29, 1.82) is 0 Å². The molecule has 0 unspecified atom stereocenters. The molecule has 3 rings (SSSR count). The van der Waals surface area contributed by atoms with Crippen molar-refractivity contribution in [1.82, 2.24) is 0 Å². The zero-order valence-electron chi connectivity index (χ0n) is 10.3. The summed E-state index contributed by atoms with van der Waals surface area (Å²) in [7, 11) is 0. The fraction of sp³-hybridized carbons (Fsp3) is 0.500. The molecule has 1 aliphatic heterocycles. The lowest BCUT2D eigenvalue weighted by molar-refractivity contribution is -0.126. The van der Waals surface area contributed by atoms with Crippen LogP contribution in [0, 0.1) is 5.41 Å².